The minimum absolute atomic E-state index is 0.145. The van der Waals surface area contributed by atoms with Gasteiger partial charge in [0.15, 0.2) is 0 Å². The Balaban J connectivity index is 1.72. The molecular weight excluding hydrogens is 292 g/mol. The molecule has 1 aliphatic rings. The molecule has 0 fully saturated rings. The summed E-state index contributed by atoms with van der Waals surface area (Å²) in [7, 11) is 1.65. The van der Waals surface area contributed by atoms with Gasteiger partial charge in [-0.25, -0.2) is 5.48 Å². The van der Waals surface area contributed by atoms with Gasteiger partial charge in [-0.2, -0.15) is 0 Å². The first kappa shape index (κ1) is 15.4. The number of benzene rings is 2. The Kier molecular flexibility index (Phi) is 4.48. The van der Waals surface area contributed by atoms with Crippen molar-refractivity contribution in [1.29, 1.82) is 0 Å². The Morgan fingerprint density at radius 1 is 1.13 bits per heavy atom. The molecule has 3 N–H and O–H groups in total. The highest BCUT2D eigenvalue weighted by atomic mass is 16.5. The molecule has 0 aliphatic heterocycles. The van der Waals surface area contributed by atoms with Crippen LogP contribution in [0.4, 0.5) is 11.4 Å². The first-order valence-electron chi connectivity index (χ1n) is 7.66. The Morgan fingerprint density at radius 2 is 1.87 bits per heavy atom. The summed E-state index contributed by atoms with van der Waals surface area (Å²) in [6, 6.07) is 14.0. The van der Waals surface area contributed by atoms with Gasteiger partial charge in [0, 0.05) is 17.3 Å². The molecule has 1 aliphatic carbocycles. The van der Waals surface area contributed by atoms with Crippen LogP contribution >= 0.6 is 0 Å². The smallest absolute Gasteiger partial charge is 0.246 e. The van der Waals surface area contributed by atoms with Gasteiger partial charge in [-0.15, -0.1) is 0 Å². The number of ether oxygens (including phenoxy) is 1. The van der Waals surface area contributed by atoms with Crippen LogP contribution in [-0.2, 0) is 17.6 Å². The number of hydrogen-bond acceptors (Lipinski definition) is 4. The van der Waals surface area contributed by atoms with Gasteiger partial charge in [-0.05, 0) is 66.8 Å². The van der Waals surface area contributed by atoms with Crippen molar-refractivity contribution in [1.82, 2.24) is 5.48 Å². The van der Waals surface area contributed by atoms with Crippen molar-refractivity contribution in [2.45, 2.75) is 19.3 Å². The van der Waals surface area contributed by atoms with Crippen molar-refractivity contribution >= 4 is 17.3 Å². The largest absolute Gasteiger partial charge is 0.497 e. The van der Waals surface area contributed by atoms with Crippen molar-refractivity contribution in [3.8, 4) is 5.75 Å². The number of anilines is 2. The number of hydrogen-bond donors (Lipinski definition) is 3. The van der Waals surface area contributed by atoms with Crippen molar-refractivity contribution in [2.24, 2.45) is 5.92 Å². The molecule has 23 heavy (non-hydrogen) atoms. The van der Waals surface area contributed by atoms with Gasteiger partial charge in [0.2, 0.25) is 5.91 Å². The van der Waals surface area contributed by atoms with E-state index < -0.39 is 0 Å². The van der Waals surface area contributed by atoms with Crippen LogP contribution in [0.15, 0.2) is 42.5 Å². The van der Waals surface area contributed by atoms with Gasteiger partial charge >= 0.3 is 0 Å². The minimum atomic E-state index is -0.295. The quantitative estimate of drug-likeness (QED) is 0.599. The normalized spacial score (nSPS) is 16.3. The van der Waals surface area contributed by atoms with Crippen molar-refractivity contribution in [3.63, 3.8) is 0 Å². The van der Waals surface area contributed by atoms with E-state index in [9.17, 15) is 4.79 Å². The number of carbonyl (C=O) groups is 1. The van der Waals surface area contributed by atoms with E-state index in [1.54, 1.807) is 12.6 Å². The van der Waals surface area contributed by atoms with Crippen LogP contribution < -0.4 is 15.5 Å². The van der Waals surface area contributed by atoms with Crippen LogP contribution in [-0.4, -0.2) is 18.2 Å². The fourth-order valence-electron chi connectivity index (χ4n) is 2.99. The first-order chi connectivity index (χ1) is 11.2. The molecule has 5 nitrogen and oxygen atoms in total. The summed E-state index contributed by atoms with van der Waals surface area (Å²) >= 11 is 0. The average Bonchev–Trinajstić information content (AvgIpc) is 2.61. The fraction of sp³-hybridized carbons (Fsp3) is 0.278. The predicted molar refractivity (Wildman–Crippen MR) is 88.2 cm³/mol. The van der Waals surface area contributed by atoms with E-state index in [2.05, 4.69) is 17.4 Å². The summed E-state index contributed by atoms with van der Waals surface area (Å²) < 4.78 is 5.15. The number of nitrogens with one attached hydrogen (secondary N) is 2. The lowest BCUT2D eigenvalue weighted by molar-refractivity contribution is -0.133. The molecule has 1 atom stereocenters. The molecule has 3 rings (SSSR count). The van der Waals surface area contributed by atoms with Crippen LogP contribution in [0.1, 0.15) is 17.5 Å². The third kappa shape index (κ3) is 3.46. The standard InChI is InChI=1S/C18H20N2O3/c1-23-17-8-6-15(7-9-17)19-16-5-4-12-10-14(18(21)20-22)3-2-13(12)11-16/h4-9,11,14,19,22H,2-3,10H2,1H3,(H,20,21). The SMILES string of the molecule is COc1ccc(Nc2ccc3c(c2)CCC(C(=O)NO)C3)cc1. The molecule has 0 spiro atoms. The highest BCUT2D eigenvalue weighted by molar-refractivity contribution is 5.78. The number of rotatable bonds is 4. The molecule has 0 radical (unpaired) electrons. The minimum Gasteiger partial charge on any atom is -0.497 e. The second-order valence-corrected chi connectivity index (χ2v) is 5.75. The maximum Gasteiger partial charge on any atom is 0.246 e. The molecule has 5 heteroatoms. The maximum atomic E-state index is 11.6. The van der Waals surface area contributed by atoms with E-state index in [0.29, 0.717) is 6.42 Å². The summed E-state index contributed by atoms with van der Waals surface area (Å²) in [4.78, 5) is 11.6. The number of methoxy groups -OCH3 is 1. The van der Waals surface area contributed by atoms with Crippen molar-refractivity contribution < 1.29 is 14.7 Å². The van der Waals surface area contributed by atoms with Crippen LogP contribution in [0, 0.1) is 5.92 Å². The highest BCUT2D eigenvalue weighted by Gasteiger charge is 2.24. The van der Waals surface area contributed by atoms with Gasteiger partial charge in [0.1, 0.15) is 5.75 Å². The van der Waals surface area contributed by atoms with Crippen molar-refractivity contribution in [3.05, 3.63) is 53.6 Å². The predicted octanol–water partition coefficient (Wildman–Crippen LogP) is 3.05. The van der Waals surface area contributed by atoms with E-state index in [1.807, 2.05) is 30.3 Å². The third-order valence-electron chi connectivity index (χ3n) is 4.29. The second kappa shape index (κ2) is 6.71. The Bertz CT molecular complexity index is 698. The average molecular weight is 312 g/mol. The van der Waals surface area contributed by atoms with E-state index in [-0.39, 0.29) is 11.8 Å². The number of fused-ring (bicyclic) bond motifs is 1. The molecule has 0 heterocycles. The van der Waals surface area contributed by atoms with E-state index >= 15 is 0 Å². The number of carbonyl (C=O) groups excluding carboxylic acids is 1. The van der Waals surface area contributed by atoms with Gasteiger partial charge < -0.3 is 10.1 Å². The Morgan fingerprint density at radius 3 is 2.57 bits per heavy atom. The lowest BCUT2D eigenvalue weighted by Gasteiger charge is -2.23. The molecule has 1 unspecified atom stereocenters. The van der Waals surface area contributed by atoms with Crippen LogP contribution in [0.25, 0.3) is 0 Å². The third-order valence-corrected chi connectivity index (χ3v) is 4.29. The van der Waals surface area contributed by atoms with Crippen molar-refractivity contribution in [2.75, 3.05) is 12.4 Å². The van der Waals surface area contributed by atoms with Gasteiger partial charge in [-0.3, -0.25) is 10.0 Å². The molecule has 0 saturated heterocycles. The van der Waals surface area contributed by atoms with Gasteiger partial charge in [-0.1, -0.05) is 6.07 Å². The Hall–Kier alpha value is -2.53. The first-order valence-corrected chi connectivity index (χ1v) is 7.66. The summed E-state index contributed by atoms with van der Waals surface area (Å²) in [6.07, 6.45) is 2.27. The topological polar surface area (TPSA) is 70.6 Å². The molecule has 2 aromatic rings. The maximum absolute atomic E-state index is 11.6. The Labute approximate surface area is 135 Å². The van der Waals surface area contributed by atoms with Gasteiger partial charge in [0.05, 0.1) is 7.11 Å². The summed E-state index contributed by atoms with van der Waals surface area (Å²) in [6.45, 7) is 0. The summed E-state index contributed by atoms with van der Waals surface area (Å²) in [5, 5.41) is 12.1. The second-order valence-electron chi connectivity index (χ2n) is 5.75. The molecular formula is C18H20N2O3. The molecule has 120 valence electrons. The van der Waals surface area contributed by atoms with Crippen LogP contribution in [0.5, 0.6) is 5.75 Å². The number of hydroxylamine groups is 1. The molecule has 1 amide bonds. The molecule has 0 aromatic heterocycles. The number of aryl methyl sites for hydroxylation is 1. The lowest BCUT2D eigenvalue weighted by atomic mass is 9.83. The van der Waals surface area contributed by atoms with E-state index in [4.69, 9.17) is 9.94 Å². The lowest BCUT2D eigenvalue weighted by Crippen LogP contribution is -2.31. The zero-order chi connectivity index (χ0) is 16.2. The zero-order valence-electron chi connectivity index (χ0n) is 13.0. The summed E-state index contributed by atoms with van der Waals surface area (Å²) in [5.74, 6) is 0.387. The highest BCUT2D eigenvalue weighted by Crippen LogP contribution is 2.29. The van der Waals surface area contributed by atoms with E-state index in [0.717, 1.165) is 30.0 Å². The fourth-order valence-corrected chi connectivity index (χ4v) is 2.99. The molecule has 2 aromatic carbocycles. The van der Waals surface area contributed by atoms with Crippen LogP contribution in [0.3, 0.4) is 0 Å². The number of amides is 1. The van der Waals surface area contributed by atoms with Gasteiger partial charge in [0.25, 0.3) is 0 Å². The molecule has 0 saturated carbocycles. The van der Waals surface area contributed by atoms with E-state index in [1.165, 1.54) is 11.1 Å². The zero-order valence-corrected chi connectivity index (χ0v) is 13.0. The summed E-state index contributed by atoms with van der Waals surface area (Å²) in [5.41, 5.74) is 6.21. The monoisotopic (exact) mass is 312 g/mol. The molecule has 0 bridgehead atoms. The van der Waals surface area contributed by atoms with Crippen LogP contribution in [0.2, 0.25) is 0 Å².